The summed E-state index contributed by atoms with van der Waals surface area (Å²) in [5, 5.41) is 9.79. The van der Waals surface area contributed by atoms with E-state index in [1.807, 2.05) is 6.92 Å². The minimum absolute atomic E-state index is 0.112. The molecule has 1 aromatic carbocycles. The Morgan fingerprint density at radius 2 is 1.92 bits per heavy atom. The van der Waals surface area contributed by atoms with E-state index in [0.29, 0.717) is 24.8 Å². The molecule has 1 amide bonds. The van der Waals surface area contributed by atoms with Crippen molar-refractivity contribution in [3.8, 4) is 11.5 Å². The third-order valence-corrected chi connectivity index (χ3v) is 4.04. The maximum Gasteiger partial charge on any atom is 0.252 e. The highest BCUT2D eigenvalue weighted by molar-refractivity contribution is 5.96. The van der Waals surface area contributed by atoms with Crippen molar-refractivity contribution in [1.29, 1.82) is 0 Å². The van der Waals surface area contributed by atoms with Crippen LogP contribution in [0.1, 0.15) is 56.0 Å². The topological polar surface area (TPSA) is 92.9 Å². The van der Waals surface area contributed by atoms with E-state index in [0.717, 1.165) is 44.2 Å². The summed E-state index contributed by atoms with van der Waals surface area (Å²) in [5.74, 6) is -0.0724. The van der Waals surface area contributed by atoms with Crippen molar-refractivity contribution in [3.05, 3.63) is 23.3 Å². The van der Waals surface area contributed by atoms with Crippen LogP contribution in [-0.4, -0.2) is 47.9 Å². The van der Waals surface area contributed by atoms with E-state index in [2.05, 4.69) is 18.7 Å². The molecular weight excluding hydrogens is 320 g/mol. The molecule has 0 aliphatic carbocycles. The van der Waals surface area contributed by atoms with Gasteiger partial charge in [0.25, 0.3) is 5.91 Å². The van der Waals surface area contributed by atoms with Crippen LogP contribution in [0.3, 0.4) is 0 Å². The van der Waals surface area contributed by atoms with E-state index in [9.17, 15) is 14.7 Å². The predicted octanol–water partition coefficient (Wildman–Crippen LogP) is 2.51. The number of nitrogens with two attached hydrogens (primary N) is 1. The molecule has 0 saturated heterocycles. The molecule has 2 rings (SSSR count). The highest BCUT2D eigenvalue weighted by Gasteiger charge is 2.26. The summed E-state index contributed by atoms with van der Waals surface area (Å²) in [6, 6.07) is 3.47. The highest BCUT2D eigenvalue weighted by Crippen LogP contribution is 2.32. The van der Waals surface area contributed by atoms with Crippen molar-refractivity contribution in [2.24, 2.45) is 5.73 Å². The standard InChI is InChI=1S/C16H24N2O3.C3H6O/c1-3-5-18(6-4-2)12-7-11-8-13(16(17)20)14(19)9-15(11)21-10-12;1-2-3-4/h8-9,12,19H,3-7,10H2,1-2H3,(H2,17,20);3H,2H2,1H3. The van der Waals surface area contributed by atoms with E-state index in [1.54, 1.807) is 6.07 Å². The monoisotopic (exact) mass is 350 g/mol. The molecule has 1 aliphatic rings. The van der Waals surface area contributed by atoms with Crippen molar-refractivity contribution in [2.45, 2.75) is 52.5 Å². The molecule has 1 unspecified atom stereocenters. The van der Waals surface area contributed by atoms with E-state index in [1.165, 1.54) is 6.07 Å². The molecule has 0 aromatic heterocycles. The number of amides is 1. The first-order chi connectivity index (χ1) is 12.0. The van der Waals surface area contributed by atoms with Gasteiger partial charge in [0.1, 0.15) is 24.4 Å². The van der Waals surface area contributed by atoms with E-state index in [4.69, 9.17) is 10.5 Å². The van der Waals surface area contributed by atoms with Crippen LogP contribution < -0.4 is 10.5 Å². The number of primary amides is 1. The number of aromatic hydroxyl groups is 1. The number of hydrogen-bond acceptors (Lipinski definition) is 5. The number of hydrogen-bond donors (Lipinski definition) is 2. The fourth-order valence-corrected chi connectivity index (χ4v) is 2.89. The van der Waals surface area contributed by atoms with Gasteiger partial charge in [0.15, 0.2) is 0 Å². The van der Waals surface area contributed by atoms with E-state index in [-0.39, 0.29) is 11.3 Å². The van der Waals surface area contributed by atoms with Gasteiger partial charge in [-0.3, -0.25) is 9.69 Å². The summed E-state index contributed by atoms with van der Waals surface area (Å²) in [6.07, 6.45) is 4.53. The second kappa shape index (κ2) is 10.7. The van der Waals surface area contributed by atoms with Gasteiger partial charge in [0.2, 0.25) is 0 Å². The number of carbonyl (C=O) groups is 2. The first kappa shape index (κ1) is 21.0. The van der Waals surface area contributed by atoms with Gasteiger partial charge in [0.05, 0.1) is 5.56 Å². The zero-order valence-corrected chi connectivity index (χ0v) is 15.5. The number of nitrogens with zero attached hydrogens (tertiary/aromatic N) is 1. The fourth-order valence-electron chi connectivity index (χ4n) is 2.89. The van der Waals surface area contributed by atoms with Crippen LogP contribution in [0, 0.1) is 0 Å². The SMILES string of the molecule is CCC=O.CCCN(CCC)C1COc2cc(O)c(C(N)=O)cc2C1. The van der Waals surface area contributed by atoms with Gasteiger partial charge >= 0.3 is 0 Å². The molecule has 1 heterocycles. The second-order valence-electron chi connectivity index (χ2n) is 6.12. The summed E-state index contributed by atoms with van der Waals surface area (Å²) in [6.45, 7) is 8.85. The number of phenols is 1. The van der Waals surface area contributed by atoms with Crippen molar-refractivity contribution >= 4 is 12.2 Å². The summed E-state index contributed by atoms with van der Waals surface area (Å²) in [4.78, 5) is 22.9. The number of rotatable bonds is 7. The van der Waals surface area contributed by atoms with E-state index >= 15 is 0 Å². The molecule has 0 radical (unpaired) electrons. The molecule has 1 atom stereocenters. The number of ether oxygens (including phenoxy) is 1. The van der Waals surface area contributed by atoms with Crippen LogP contribution in [-0.2, 0) is 11.2 Å². The zero-order chi connectivity index (χ0) is 18.8. The molecule has 0 bridgehead atoms. The molecule has 6 heteroatoms. The Morgan fingerprint density at radius 3 is 2.40 bits per heavy atom. The lowest BCUT2D eigenvalue weighted by molar-refractivity contribution is -0.107. The minimum atomic E-state index is -0.614. The van der Waals surface area contributed by atoms with Crippen molar-refractivity contribution in [1.82, 2.24) is 4.90 Å². The van der Waals surface area contributed by atoms with Crippen LogP contribution in [0.25, 0.3) is 0 Å². The van der Waals surface area contributed by atoms with Gasteiger partial charge in [0, 0.05) is 18.5 Å². The number of fused-ring (bicyclic) bond motifs is 1. The second-order valence-corrected chi connectivity index (χ2v) is 6.12. The summed E-state index contributed by atoms with van der Waals surface area (Å²) in [5.41, 5.74) is 6.39. The summed E-state index contributed by atoms with van der Waals surface area (Å²) < 4.78 is 5.77. The highest BCUT2D eigenvalue weighted by atomic mass is 16.5. The predicted molar refractivity (Wildman–Crippen MR) is 98.1 cm³/mol. The molecule has 0 fully saturated rings. The van der Waals surface area contributed by atoms with Gasteiger partial charge in [-0.25, -0.2) is 0 Å². The Morgan fingerprint density at radius 1 is 1.32 bits per heavy atom. The maximum absolute atomic E-state index is 11.3. The third-order valence-electron chi connectivity index (χ3n) is 4.04. The molecular formula is C19H30N2O4. The molecule has 6 nitrogen and oxygen atoms in total. The molecule has 0 spiro atoms. The Balaban J connectivity index is 0.000000705. The van der Waals surface area contributed by atoms with Crippen molar-refractivity contribution in [3.63, 3.8) is 0 Å². The Hall–Kier alpha value is -2.08. The van der Waals surface area contributed by atoms with Gasteiger partial charge in [-0.15, -0.1) is 0 Å². The Kier molecular flexibility index (Phi) is 8.99. The molecule has 3 N–H and O–H groups in total. The molecule has 25 heavy (non-hydrogen) atoms. The van der Waals surface area contributed by atoms with Crippen molar-refractivity contribution in [2.75, 3.05) is 19.7 Å². The lowest BCUT2D eigenvalue weighted by Crippen LogP contribution is -2.44. The lowest BCUT2D eigenvalue weighted by Gasteiger charge is -2.35. The first-order valence-electron chi connectivity index (χ1n) is 8.94. The molecule has 0 saturated carbocycles. The van der Waals surface area contributed by atoms with Gasteiger partial charge < -0.3 is 20.4 Å². The number of aldehydes is 1. The summed E-state index contributed by atoms with van der Waals surface area (Å²) in [7, 11) is 0. The van der Waals surface area contributed by atoms with Crippen LogP contribution >= 0.6 is 0 Å². The smallest absolute Gasteiger partial charge is 0.252 e. The maximum atomic E-state index is 11.3. The summed E-state index contributed by atoms with van der Waals surface area (Å²) >= 11 is 0. The normalized spacial score (nSPS) is 15.6. The minimum Gasteiger partial charge on any atom is -0.507 e. The average molecular weight is 350 g/mol. The first-order valence-corrected chi connectivity index (χ1v) is 8.94. The average Bonchev–Trinajstić information content (AvgIpc) is 2.60. The zero-order valence-electron chi connectivity index (χ0n) is 15.5. The third kappa shape index (κ3) is 6.05. The Bertz CT molecular complexity index is 569. The number of carbonyl (C=O) groups excluding carboxylic acids is 2. The van der Waals surface area contributed by atoms with Gasteiger partial charge in [-0.2, -0.15) is 0 Å². The number of benzene rings is 1. The molecule has 1 aromatic rings. The van der Waals surface area contributed by atoms with E-state index < -0.39 is 5.91 Å². The van der Waals surface area contributed by atoms with Crippen molar-refractivity contribution < 1.29 is 19.4 Å². The van der Waals surface area contributed by atoms with Crippen LogP contribution in [0.15, 0.2) is 12.1 Å². The van der Waals surface area contributed by atoms with Crippen LogP contribution in [0.4, 0.5) is 0 Å². The lowest BCUT2D eigenvalue weighted by atomic mass is 9.98. The molecule has 140 valence electrons. The van der Waals surface area contributed by atoms with Gasteiger partial charge in [-0.1, -0.05) is 20.8 Å². The Labute approximate surface area is 150 Å². The largest absolute Gasteiger partial charge is 0.507 e. The van der Waals surface area contributed by atoms with Gasteiger partial charge in [-0.05, 0) is 44.0 Å². The quantitative estimate of drug-likeness (QED) is 0.737. The van der Waals surface area contributed by atoms with Crippen LogP contribution in [0.2, 0.25) is 0 Å². The van der Waals surface area contributed by atoms with Crippen LogP contribution in [0.5, 0.6) is 11.5 Å². The molecule has 1 aliphatic heterocycles. The fraction of sp³-hybridized carbons (Fsp3) is 0.579.